The second kappa shape index (κ2) is 10.7. The quantitative estimate of drug-likeness (QED) is 0.574. The summed E-state index contributed by atoms with van der Waals surface area (Å²) >= 11 is 6.14. The Morgan fingerprint density at radius 3 is 2.20 bits per heavy atom. The van der Waals surface area contributed by atoms with Gasteiger partial charge in [-0.05, 0) is 44.2 Å². The van der Waals surface area contributed by atoms with Crippen molar-refractivity contribution in [3.63, 3.8) is 0 Å². The van der Waals surface area contributed by atoms with E-state index in [-0.39, 0.29) is 15.5 Å². The van der Waals surface area contributed by atoms with Crippen LogP contribution in [-0.2, 0) is 10.0 Å². The van der Waals surface area contributed by atoms with E-state index < -0.39 is 15.9 Å². The van der Waals surface area contributed by atoms with Gasteiger partial charge < -0.3 is 14.8 Å². The number of anilines is 1. The predicted octanol–water partition coefficient (Wildman–Crippen LogP) is 4.42. The Bertz CT molecular complexity index is 991. The first-order valence-electron chi connectivity index (χ1n) is 9.79. The fourth-order valence-electron chi connectivity index (χ4n) is 2.88. The SMILES string of the molecule is CCOc1ccc(NC(=O)c2ccc(Cl)c(S(=O)(=O)N(CC)CC)c2)cc1OCC. The van der Waals surface area contributed by atoms with Gasteiger partial charge in [0.2, 0.25) is 10.0 Å². The minimum atomic E-state index is -3.80. The molecule has 164 valence electrons. The van der Waals surface area contributed by atoms with Gasteiger partial charge in [0.15, 0.2) is 11.5 Å². The van der Waals surface area contributed by atoms with E-state index in [1.54, 1.807) is 32.0 Å². The number of nitrogens with one attached hydrogen (secondary N) is 1. The maximum absolute atomic E-state index is 12.8. The van der Waals surface area contributed by atoms with Crippen LogP contribution in [0.5, 0.6) is 11.5 Å². The van der Waals surface area contributed by atoms with Crippen molar-refractivity contribution in [3.05, 3.63) is 47.0 Å². The van der Waals surface area contributed by atoms with Crippen LogP contribution < -0.4 is 14.8 Å². The molecule has 0 atom stereocenters. The Balaban J connectivity index is 2.33. The first kappa shape index (κ1) is 24.0. The molecular weight excluding hydrogens is 428 g/mol. The Labute approximate surface area is 183 Å². The number of benzene rings is 2. The van der Waals surface area contributed by atoms with E-state index in [2.05, 4.69) is 5.32 Å². The predicted molar refractivity (Wildman–Crippen MR) is 118 cm³/mol. The first-order chi connectivity index (χ1) is 14.3. The minimum Gasteiger partial charge on any atom is -0.490 e. The van der Waals surface area contributed by atoms with E-state index in [4.69, 9.17) is 21.1 Å². The highest BCUT2D eigenvalue weighted by Gasteiger charge is 2.25. The van der Waals surface area contributed by atoms with Crippen molar-refractivity contribution in [1.29, 1.82) is 0 Å². The van der Waals surface area contributed by atoms with E-state index in [1.165, 1.54) is 22.5 Å². The van der Waals surface area contributed by atoms with Gasteiger partial charge in [-0.15, -0.1) is 0 Å². The third kappa shape index (κ3) is 5.44. The van der Waals surface area contributed by atoms with E-state index >= 15 is 0 Å². The summed E-state index contributed by atoms with van der Waals surface area (Å²) in [7, 11) is -3.80. The highest BCUT2D eigenvalue weighted by Crippen LogP contribution is 2.31. The monoisotopic (exact) mass is 454 g/mol. The van der Waals surface area contributed by atoms with E-state index in [1.807, 2.05) is 13.8 Å². The molecule has 2 aromatic carbocycles. The smallest absolute Gasteiger partial charge is 0.255 e. The third-order valence-corrected chi connectivity index (χ3v) is 6.85. The van der Waals surface area contributed by atoms with Gasteiger partial charge in [0.25, 0.3) is 5.91 Å². The topological polar surface area (TPSA) is 84.9 Å². The van der Waals surface area contributed by atoms with Crippen molar-refractivity contribution in [2.75, 3.05) is 31.6 Å². The van der Waals surface area contributed by atoms with Crippen LogP contribution in [0.3, 0.4) is 0 Å². The van der Waals surface area contributed by atoms with Gasteiger partial charge in [-0.1, -0.05) is 25.4 Å². The van der Waals surface area contributed by atoms with Crippen molar-refractivity contribution in [3.8, 4) is 11.5 Å². The van der Waals surface area contributed by atoms with Gasteiger partial charge >= 0.3 is 0 Å². The molecular formula is C21H27ClN2O5S. The Morgan fingerprint density at radius 2 is 1.60 bits per heavy atom. The van der Waals surface area contributed by atoms with Crippen LogP contribution in [0, 0.1) is 0 Å². The molecule has 0 saturated carbocycles. The molecule has 9 heteroatoms. The normalized spacial score (nSPS) is 11.4. The van der Waals surface area contributed by atoms with Gasteiger partial charge in [0.1, 0.15) is 4.90 Å². The highest BCUT2D eigenvalue weighted by atomic mass is 35.5. The van der Waals surface area contributed by atoms with Crippen LogP contribution in [0.1, 0.15) is 38.1 Å². The molecule has 0 radical (unpaired) electrons. The molecule has 0 spiro atoms. The van der Waals surface area contributed by atoms with Crippen LogP contribution in [-0.4, -0.2) is 44.9 Å². The summed E-state index contributed by atoms with van der Waals surface area (Å²) in [6.45, 7) is 8.75. The lowest BCUT2D eigenvalue weighted by atomic mass is 10.2. The second-order valence-corrected chi connectivity index (χ2v) is 8.53. The van der Waals surface area contributed by atoms with Crippen molar-refractivity contribution in [2.45, 2.75) is 32.6 Å². The van der Waals surface area contributed by atoms with Gasteiger partial charge in [-0.2, -0.15) is 4.31 Å². The van der Waals surface area contributed by atoms with Crippen molar-refractivity contribution < 1.29 is 22.7 Å². The molecule has 1 N–H and O–H groups in total. The van der Waals surface area contributed by atoms with Crippen LogP contribution in [0.25, 0.3) is 0 Å². The number of rotatable bonds is 10. The summed E-state index contributed by atoms with van der Waals surface area (Å²) in [5.41, 5.74) is 0.673. The average Bonchev–Trinajstić information content (AvgIpc) is 2.71. The van der Waals surface area contributed by atoms with Crippen molar-refractivity contribution in [2.24, 2.45) is 0 Å². The van der Waals surface area contributed by atoms with Crippen molar-refractivity contribution in [1.82, 2.24) is 4.31 Å². The zero-order valence-electron chi connectivity index (χ0n) is 17.6. The second-order valence-electron chi connectivity index (χ2n) is 6.22. The molecule has 0 aromatic heterocycles. The maximum Gasteiger partial charge on any atom is 0.255 e. The fourth-order valence-corrected chi connectivity index (χ4v) is 4.84. The van der Waals surface area contributed by atoms with Crippen LogP contribution in [0.15, 0.2) is 41.3 Å². The molecule has 1 amide bonds. The summed E-state index contributed by atoms with van der Waals surface area (Å²) < 4.78 is 38.1. The summed E-state index contributed by atoms with van der Waals surface area (Å²) in [6.07, 6.45) is 0. The number of carbonyl (C=O) groups excluding carboxylic acids is 1. The summed E-state index contributed by atoms with van der Waals surface area (Å²) in [5, 5.41) is 2.82. The minimum absolute atomic E-state index is 0.0677. The van der Waals surface area contributed by atoms with E-state index in [0.717, 1.165) is 0 Å². The van der Waals surface area contributed by atoms with E-state index in [9.17, 15) is 13.2 Å². The molecule has 0 bridgehead atoms. The molecule has 2 aromatic rings. The van der Waals surface area contributed by atoms with Crippen LogP contribution in [0.4, 0.5) is 5.69 Å². The number of sulfonamides is 1. The van der Waals surface area contributed by atoms with Crippen LogP contribution >= 0.6 is 11.6 Å². The number of ether oxygens (including phenoxy) is 2. The number of halogens is 1. The molecule has 2 rings (SSSR count). The number of amides is 1. The summed E-state index contributed by atoms with van der Waals surface area (Å²) in [5.74, 6) is 0.628. The lowest BCUT2D eigenvalue weighted by Gasteiger charge is -2.19. The zero-order chi connectivity index (χ0) is 22.3. The molecule has 0 aliphatic heterocycles. The van der Waals surface area contributed by atoms with Gasteiger partial charge in [0.05, 0.1) is 18.2 Å². The first-order valence-corrected chi connectivity index (χ1v) is 11.6. The Kier molecular flexibility index (Phi) is 8.52. The average molecular weight is 455 g/mol. The largest absolute Gasteiger partial charge is 0.490 e. The number of hydrogen-bond donors (Lipinski definition) is 1. The lowest BCUT2D eigenvalue weighted by Crippen LogP contribution is -2.31. The van der Waals surface area contributed by atoms with Gasteiger partial charge in [0, 0.05) is 30.4 Å². The highest BCUT2D eigenvalue weighted by molar-refractivity contribution is 7.89. The number of carbonyl (C=O) groups is 1. The molecule has 0 saturated heterocycles. The van der Waals surface area contributed by atoms with Gasteiger partial charge in [-0.3, -0.25) is 4.79 Å². The zero-order valence-corrected chi connectivity index (χ0v) is 19.1. The molecule has 0 heterocycles. The fraction of sp³-hybridized carbons (Fsp3) is 0.381. The summed E-state index contributed by atoms with van der Waals surface area (Å²) in [6, 6.07) is 9.25. The van der Waals surface area contributed by atoms with Crippen LogP contribution in [0.2, 0.25) is 5.02 Å². The number of hydrogen-bond acceptors (Lipinski definition) is 5. The lowest BCUT2D eigenvalue weighted by molar-refractivity contribution is 0.102. The third-order valence-electron chi connectivity index (χ3n) is 4.32. The van der Waals surface area contributed by atoms with Crippen molar-refractivity contribution >= 4 is 33.2 Å². The molecule has 30 heavy (non-hydrogen) atoms. The molecule has 0 unspecified atom stereocenters. The standard InChI is InChI=1S/C21H27ClN2O5S/c1-5-24(6-2)30(26,27)20-13-15(9-11-17(20)22)21(25)23-16-10-12-18(28-7-3)19(14-16)29-8-4/h9-14H,5-8H2,1-4H3,(H,23,25). The van der Waals surface area contributed by atoms with Gasteiger partial charge in [-0.25, -0.2) is 8.42 Å². The molecule has 0 aliphatic rings. The molecule has 0 fully saturated rings. The summed E-state index contributed by atoms with van der Waals surface area (Å²) in [4.78, 5) is 12.7. The Hall–Kier alpha value is -2.29. The molecule has 7 nitrogen and oxygen atoms in total. The maximum atomic E-state index is 12.8. The Morgan fingerprint density at radius 1 is 0.967 bits per heavy atom. The molecule has 0 aliphatic carbocycles. The van der Waals surface area contributed by atoms with E-state index in [0.29, 0.717) is 43.5 Å². The number of nitrogens with zero attached hydrogens (tertiary/aromatic N) is 1.